The number of carbonyl (C=O) groups is 2. The highest BCUT2D eigenvalue weighted by atomic mass is 32.2. The highest BCUT2D eigenvalue weighted by Gasteiger charge is 2.33. The Hall–Kier alpha value is -3.11. The minimum Gasteiger partial charge on any atom is -0.547 e. The summed E-state index contributed by atoms with van der Waals surface area (Å²) >= 11 is 1.27. The van der Waals surface area contributed by atoms with Crippen molar-refractivity contribution in [1.29, 1.82) is 0 Å². The van der Waals surface area contributed by atoms with Crippen molar-refractivity contribution < 1.29 is 49.6 Å². The van der Waals surface area contributed by atoms with Crippen molar-refractivity contribution in [1.82, 2.24) is 0 Å². The van der Waals surface area contributed by atoms with E-state index < -0.39 is 23.5 Å². The first-order chi connectivity index (χ1) is 18.5. The molecule has 0 saturated carbocycles. The van der Waals surface area contributed by atoms with Crippen molar-refractivity contribution in [3.63, 3.8) is 0 Å². The van der Waals surface area contributed by atoms with E-state index in [2.05, 4.69) is 15.7 Å². The number of aromatic hydroxyl groups is 1. The molecule has 0 bridgehead atoms. The molecule has 2 rings (SSSR count). The first-order valence-electron chi connectivity index (χ1n) is 12.2. The summed E-state index contributed by atoms with van der Waals surface area (Å²) in [4.78, 5) is 29.3. The van der Waals surface area contributed by atoms with Gasteiger partial charge in [-0.25, -0.2) is 4.79 Å². The Morgan fingerprint density at radius 3 is 2.38 bits per heavy atom. The summed E-state index contributed by atoms with van der Waals surface area (Å²) in [7, 11) is 1.62. The Bertz CT molecular complexity index is 975. The smallest absolute Gasteiger partial charge is 0.362 e. The van der Waals surface area contributed by atoms with Crippen molar-refractivity contribution in [2.45, 2.75) is 31.3 Å². The van der Waals surface area contributed by atoms with Crippen LogP contribution in [-0.2, 0) is 23.8 Å². The van der Waals surface area contributed by atoms with E-state index in [-0.39, 0.29) is 17.5 Å². The summed E-state index contributed by atoms with van der Waals surface area (Å²) < 4.78 is 21.0. The fourth-order valence-electron chi connectivity index (χ4n) is 2.87. The molecule has 0 fully saturated rings. The van der Waals surface area contributed by atoms with Crippen LogP contribution in [0.3, 0.4) is 0 Å². The second kappa shape index (κ2) is 18.2. The number of phenolic OH excluding ortho intramolecular Hbond substituents is 1. The Kier molecular flexibility index (Phi) is 15.9. The number of quaternary nitrogens is 1. The summed E-state index contributed by atoms with van der Waals surface area (Å²) in [6.45, 7) is 4.72. The summed E-state index contributed by atoms with van der Waals surface area (Å²) in [6, 6.07) is 4.25. The Labute approximate surface area is 231 Å². The van der Waals surface area contributed by atoms with E-state index in [0.29, 0.717) is 75.4 Å². The van der Waals surface area contributed by atoms with Crippen LogP contribution < -0.4 is 27.0 Å². The molecule has 220 valence electrons. The van der Waals surface area contributed by atoms with Crippen LogP contribution in [0.25, 0.3) is 0 Å². The highest BCUT2D eigenvalue weighted by Crippen LogP contribution is 2.35. The van der Waals surface area contributed by atoms with Crippen LogP contribution in [0.5, 0.6) is 11.5 Å². The molecule has 0 saturated heterocycles. The van der Waals surface area contributed by atoms with E-state index >= 15 is 0 Å². The SMILES string of the molecule is COCCOCCOCCOc1ccc(C2=N[C@@](C)(C(=O)[O-])CS2)c(O)c1.NC(N)=NCCCC([NH3+])C(=O)O. The lowest BCUT2D eigenvalue weighted by Gasteiger charge is -2.19. The van der Waals surface area contributed by atoms with Gasteiger partial charge in [-0.05, 0) is 25.5 Å². The normalized spacial score (nSPS) is 16.9. The minimum absolute atomic E-state index is 0.0196. The number of carbonyl (C=O) groups excluding carboxylic acids is 1. The number of hydrogen-bond acceptors (Lipinski definition) is 11. The third kappa shape index (κ3) is 13.5. The fraction of sp³-hybridized carbons (Fsp3) is 0.583. The summed E-state index contributed by atoms with van der Waals surface area (Å²) in [5.41, 5.74) is 12.8. The van der Waals surface area contributed by atoms with Crippen LogP contribution in [0.2, 0.25) is 0 Å². The van der Waals surface area contributed by atoms with Crippen LogP contribution >= 0.6 is 11.8 Å². The molecule has 1 heterocycles. The molecular formula is C24H39N5O9S. The molecule has 9 N–H and O–H groups in total. The molecule has 1 aliphatic rings. The number of aliphatic carboxylic acids is 2. The standard InChI is InChI=1S/C18H25NO7S.C6H14N4O2/c1-18(17(21)22)12-27-16(19-18)14-4-3-13(11-15(14)20)26-10-9-25-8-7-24-6-5-23-2;7-4(5(11)12)2-1-3-10-6(8)9/h3-4,11,20H,5-10,12H2,1-2H3,(H,21,22);4H,1-3,7H2,(H,11,12)(H4,8,9,10)/t18-;/m1./s1. The van der Waals surface area contributed by atoms with E-state index in [1.54, 1.807) is 19.2 Å². The molecular weight excluding hydrogens is 534 g/mol. The molecule has 0 aliphatic carbocycles. The van der Waals surface area contributed by atoms with E-state index in [1.165, 1.54) is 24.8 Å². The summed E-state index contributed by atoms with van der Waals surface area (Å²) in [6.07, 6.45) is 1.13. The largest absolute Gasteiger partial charge is 0.547 e. The predicted octanol–water partition coefficient (Wildman–Crippen LogP) is -1.81. The number of phenols is 1. The number of methoxy groups -OCH3 is 1. The van der Waals surface area contributed by atoms with E-state index in [0.717, 1.165) is 0 Å². The van der Waals surface area contributed by atoms with E-state index in [9.17, 15) is 19.8 Å². The molecule has 39 heavy (non-hydrogen) atoms. The Morgan fingerprint density at radius 2 is 1.85 bits per heavy atom. The number of rotatable bonds is 17. The van der Waals surface area contributed by atoms with Crippen molar-refractivity contribution in [2.75, 3.05) is 59.0 Å². The Morgan fingerprint density at radius 1 is 1.21 bits per heavy atom. The number of aliphatic imine (C=N–C) groups is 2. The van der Waals surface area contributed by atoms with E-state index in [1.807, 2.05) is 0 Å². The van der Waals surface area contributed by atoms with Crippen LogP contribution in [-0.4, -0.2) is 104 Å². The summed E-state index contributed by atoms with van der Waals surface area (Å²) in [5, 5.41) is 30.3. The average molecular weight is 574 g/mol. The summed E-state index contributed by atoms with van der Waals surface area (Å²) in [5.74, 6) is -1.34. The topological polar surface area (TPSA) is 239 Å². The van der Waals surface area contributed by atoms with Crippen molar-refractivity contribution in [2.24, 2.45) is 21.5 Å². The van der Waals surface area contributed by atoms with E-state index in [4.69, 9.17) is 35.5 Å². The number of carboxylic acids is 2. The molecule has 15 heteroatoms. The van der Waals surface area contributed by atoms with Crippen molar-refractivity contribution >= 4 is 34.7 Å². The molecule has 1 aliphatic heterocycles. The molecule has 0 aromatic heterocycles. The third-order valence-corrected chi connectivity index (χ3v) is 6.42. The van der Waals surface area contributed by atoms with Gasteiger partial charge in [0, 0.05) is 37.5 Å². The number of thioether (sulfide) groups is 1. The zero-order valence-electron chi connectivity index (χ0n) is 22.3. The quantitative estimate of drug-likeness (QED) is 0.0787. The van der Waals surface area contributed by atoms with Crippen molar-refractivity contribution in [3.8, 4) is 11.5 Å². The molecule has 0 spiro atoms. The van der Waals surface area contributed by atoms with Gasteiger partial charge in [0.15, 0.2) is 12.0 Å². The maximum atomic E-state index is 11.2. The maximum Gasteiger partial charge on any atom is 0.362 e. The van der Waals surface area contributed by atoms with Gasteiger partial charge in [0.05, 0.1) is 39.0 Å². The molecule has 14 nitrogen and oxygen atoms in total. The van der Waals surface area contributed by atoms with Gasteiger partial charge in [-0.15, -0.1) is 11.8 Å². The molecule has 1 aromatic rings. The number of ether oxygens (including phenoxy) is 4. The van der Waals surface area contributed by atoms with Gasteiger partial charge in [-0.1, -0.05) is 0 Å². The minimum atomic E-state index is -1.27. The van der Waals surface area contributed by atoms with Gasteiger partial charge in [-0.2, -0.15) is 0 Å². The lowest BCUT2D eigenvalue weighted by Crippen LogP contribution is -2.64. The van der Waals surface area contributed by atoms with Crippen LogP contribution in [0.1, 0.15) is 25.3 Å². The number of hydrogen-bond donors (Lipinski definition) is 5. The van der Waals surface area contributed by atoms with Gasteiger partial charge in [0.2, 0.25) is 0 Å². The zero-order chi connectivity index (χ0) is 29.3. The number of carboxylic acid groups (broad SMARTS) is 2. The first-order valence-corrected chi connectivity index (χ1v) is 13.1. The first kappa shape index (κ1) is 33.9. The molecule has 2 atom stereocenters. The number of guanidine groups is 1. The molecule has 0 radical (unpaired) electrons. The van der Waals surface area contributed by atoms with Crippen LogP contribution in [0.15, 0.2) is 28.2 Å². The lowest BCUT2D eigenvalue weighted by molar-refractivity contribution is -0.409. The van der Waals surface area contributed by atoms with Gasteiger partial charge in [-0.3, -0.25) is 9.98 Å². The average Bonchev–Trinajstić information content (AvgIpc) is 3.29. The number of nitrogens with zero attached hydrogens (tertiary/aromatic N) is 2. The second-order valence-electron chi connectivity index (χ2n) is 8.50. The van der Waals surface area contributed by atoms with Gasteiger partial charge in [0.25, 0.3) is 0 Å². The van der Waals surface area contributed by atoms with Gasteiger partial charge in [0.1, 0.15) is 28.7 Å². The predicted molar refractivity (Wildman–Crippen MR) is 144 cm³/mol. The fourth-order valence-corrected chi connectivity index (χ4v) is 4.07. The molecule has 1 aromatic carbocycles. The van der Waals surface area contributed by atoms with Crippen molar-refractivity contribution in [3.05, 3.63) is 23.8 Å². The highest BCUT2D eigenvalue weighted by molar-refractivity contribution is 8.14. The number of benzene rings is 1. The Balaban J connectivity index is 0.000000534. The van der Waals surface area contributed by atoms with Gasteiger partial charge < -0.3 is 56.3 Å². The molecule has 0 amide bonds. The zero-order valence-corrected chi connectivity index (χ0v) is 23.1. The number of nitrogens with two attached hydrogens (primary N) is 2. The molecule has 1 unspecified atom stereocenters. The van der Waals surface area contributed by atoms with Gasteiger partial charge >= 0.3 is 5.97 Å². The van der Waals surface area contributed by atoms with Crippen LogP contribution in [0.4, 0.5) is 0 Å². The maximum absolute atomic E-state index is 11.2. The lowest BCUT2D eigenvalue weighted by atomic mass is 10.1. The third-order valence-electron chi connectivity index (χ3n) is 5.13. The second-order valence-corrected chi connectivity index (χ2v) is 9.46. The monoisotopic (exact) mass is 573 g/mol. The van der Waals surface area contributed by atoms with Crippen LogP contribution in [0, 0.1) is 0 Å².